The number of aldehydes is 1. The summed E-state index contributed by atoms with van der Waals surface area (Å²) in [6, 6.07) is 33.3. The molecule has 0 amide bonds. The van der Waals surface area contributed by atoms with Crippen molar-refractivity contribution in [2.24, 2.45) is 0 Å². The first-order valence-electron chi connectivity index (χ1n) is 18.1. The summed E-state index contributed by atoms with van der Waals surface area (Å²) in [7, 11) is 3.89. The molecule has 0 saturated heterocycles. The molecule has 338 valence electrons. The number of anilines is 1. The molecule has 7 aromatic rings. The average molecular weight is 1080 g/mol. The molecular formula is C46H38Br3NO15. The molecule has 0 aliphatic rings. The van der Waals surface area contributed by atoms with E-state index in [4.69, 9.17) is 20.7 Å². The van der Waals surface area contributed by atoms with Gasteiger partial charge >= 0.3 is 35.1 Å². The van der Waals surface area contributed by atoms with E-state index in [2.05, 4.69) is 70.8 Å². The summed E-state index contributed by atoms with van der Waals surface area (Å²) in [6.07, 6.45) is 2.98. The van der Waals surface area contributed by atoms with Crippen LogP contribution in [0.3, 0.4) is 0 Å². The molecule has 2 aromatic heterocycles. The fraction of sp³-hybridized carbons (Fsp3) is 0.0870. The molecule has 0 aliphatic carbocycles. The zero-order valence-electron chi connectivity index (χ0n) is 34.6. The second-order valence-corrected chi connectivity index (χ2v) is 14.8. The molecule has 0 atom stereocenters. The second kappa shape index (κ2) is 27.8. The van der Waals surface area contributed by atoms with Gasteiger partial charge in [-0.3, -0.25) is 9.59 Å². The van der Waals surface area contributed by atoms with E-state index in [-0.39, 0.29) is 27.1 Å². The summed E-state index contributed by atoms with van der Waals surface area (Å²) in [5.41, 5.74) is 6.47. The Hall–Kier alpha value is -7.22. The summed E-state index contributed by atoms with van der Waals surface area (Å²) < 4.78 is 24.5. The molecule has 19 heteroatoms. The van der Waals surface area contributed by atoms with E-state index in [0.29, 0.717) is 16.8 Å². The largest absolute Gasteiger partial charge is 0.481 e. The number of ether oxygens (including phenoxy) is 3. The number of fused-ring (bicyclic) bond motifs is 2. The Morgan fingerprint density at radius 1 is 0.585 bits per heavy atom. The van der Waals surface area contributed by atoms with Crippen molar-refractivity contribution in [1.82, 2.24) is 0 Å². The molecule has 0 saturated carbocycles. The zero-order chi connectivity index (χ0) is 48.6. The minimum atomic E-state index is -0.988. The van der Waals surface area contributed by atoms with Gasteiger partial charge in [0.05, 0.1) is 43.6 Å². The van der Waals surface area contributed by atoms with Crippen LogP contribution in [0.4, 0.5) is 5.69 Å². The minimum absolute atomic E-state index is 0.155. The van der Waals surface area contributed by atoms with E-state index in [1.807, 2.05) is 66.7 Å². The van der Waals surface area contributed by atoms with Crippen molar-refractivity contribution in [3.63, 3.8) is 0 Å². The quantitative estimate of drug-likeness (QED) is 0.0627. The lowest BCUT2D eigenvalue weighted by molar-refractivity contribution is -0.134. The Kier molecular flexibility index (Phi) is 23.0. The number of methoxy groups -OCH3 is 3. The van der Waals surface area contributed by atoms with Gasteiger partial charge < -0.3 is 39.0 Å². The van der Waals surface area contributed by atoms with Crippen molar-refractivity contribution >= 4 is 111 Å². The molecule has 16 nitrogen and oxygen atoms in total. The van der Waals surface area contributed by atoms with Crippen LogP contribution in [0.5, 0.6) is 0 Å². The number of carboxylic acids is 2. The molecule has 2 heterocycles. The minimum Gasteiger partial charge on any atom is -0.481 e. The molecule has 0 aliphatic heterocycles. The molecule has 0 unspecified atom stereocenters. The predicted molar refractivity (Wildman–Crippen MR) is 251 cm³/mol. The molecule has 7 rings (SSSR count). The number of aliphatic carboxylic acids is 1. The van der Waals surface area contributed by atoms with E-state index >= 15 is 0 Å². The van der Waals surface area contributed by atoms with Crippen molar-refractivity contribution in [2.45, 2.75) is 6.92 Å². The number of carbonyl (C=O) groups excluding carboxylic acids is 4. The summed E-state index contributed by atoms with van der Waals surface area (Å²) in [6.45, 7) is 1.08. The van der Waals surface area contributed by atoms with Crippen LogP contribution in [-0.4, -0.2) is 67.7 Å². The van der Waals surface area contributed by atoms with Gasteiger partial charge in [0.1, 0.15) is 23.3 Å². The summed E-state index contributed by atoms with van der Waals surface area (Å²) >= 11 is 9.80. The second-order valence-electron chi connectivity index (χ2n) is 12.2. The van der Waals surface area contributed by atoms with Crippen molar-refractivity contribution in [3.05, 3.63) is 190 Å². The summed E-state index contributed by atoms with van der Waals surface area (Å²) in [5, 5.41) is 20.2. The van der Waals surface area contributed by atoms with Crippen LogP contribution in [0.15, 0.2) is 160 Å². The normalized spacial score (nSPS) is 9.52. The number of esters is 3. The zero-order valence-corrected chi connectivity index (χ0v) is 39.4. The van der Waals surface area contributed by atoms with Crippen LogP contribution in [0, 0.1) is 0 Å². The van der Waals surface area contributed by atoms with Gasteiger partial charge in [-0.05, 0) is 86.0 Å². The van der Waals surface area contributed by atoms with E-state index in [0.717, 1.165) is 62.3 Å². The SMILES string of the molecule is CC(=O)O.COC(=O)c1cc(Br)c2ccccc2c1.COC(=O)c1ccc(=O)oc1.COC(=O)c1coc(=O)c(Br)c1.Nc1ccccc1C(=O)O.O=Cc1cc(Br)c2ccccc2c1. The molecule has 4 N–H and O–H groups in total. The maximum atomic E-state index is 11.4. The Balaban J connectivity index is 0.000000275. The van der Waals surface area contributed by atoms with Crippen molar-refractivity contribution in [2.75, 3.05) is 27.1 Å². The number of carboxylic acid groups (broad SMARTS) is 2. The van der Waals surface area contributed by atoms with Crippen LogP contribution in [0.2, 0.25) is 0 Å². The third kappa shape index (κ3) is 18.2. The third-order valence-corrected chi connectivity index (χ3v) is 9.57. The smallest absolute Gasteiger partial charge is 0.350 e. The molecule has 0 radical (unpaired) electrons. The highest BCUT2D eigenvalue weighted by Crippen LogP contribution is 2.26. The number of hydrogen-bond donors (Lipinski definition) is 3. The first-order chi connectivity index (χ1) is 30.9. The van der Waals surface area contributed by atoms with Gasteiger partial charge in [0.15, 0.2) is 0 Å². The summed E-state index contributed by atoms with van der Waals surface area (Å²) in [4.78, 5) is 84.0. The number of nitrogens with two attached hydrogens (primary N) is 1. The lowest BCUT2D eigenvalue weighted by Crippen LogP contribution is -2.05. The lowest BCUT2D eigenvalue weighted by atomic mass is 10.1. The van der Waals surface area contributed by atoms with Crippen molar-refractivity contribution < 1.29 is 62.0 Å². The monoisotopic (exact) mass is 1080 g/mol. The van der Waals surface area contributed by atoms with E-state index in [1.54, 1.807) is 24.3 Å². The predicted octanol–water partition coefficient (Wildman–Crippen LogP) is 9.48. The molecule has 0 spiro atoms. The molecule has 0 bridgehead atoms. The van der Waals surface area contributed by atoms with Crippen LogP contribution in [0.1, 0.15) is 58.7 Å². The number of hydrogen-bond acceptors (Lipinski definition) is 14. The van der Waals surface area contributed by atoms with Gasteiger partial charge in [-0.25, -0.2) is 28.8 Å². The van der Waals surface area contributed by atoms with Crippen LogP contribution in [-0.2, 0) is 19.0 Å². The number of carbonyl (C=O) groups is 6. The number of nitrogen functional groups attached to an aromatic ring is 1. The maximum Gasteiger partial charge on any atom is 0.350 e. The van der Waals surface area contributed by atoms with E-state index in [9.17, 15) is 33.6 Å². The van der Waals surface area contributed by atoms with Gasteiger partial charge in [0.25, 0.3) is 5.97 Å². The fourth-order valence-corrected chi connectivity index (χ4v) is 6.34. The van der Waals surface area contributed by atoms with E-state index < -0.39 is 35.1 Å². The summed E-state index contributed by atoms with van der Waals surface area (Å²) in [5.74, 6) is -3.20. The highest BCUT2D eigenvalue weighted by atomic mass is 79.9. The van der Waals surface area contributed by atoms with Gasteiger partial charge in [-0.1, -0.05) is 92.5 Å². The first-order valence-corrected chi connectivity index (χ1v) is 20.5. The van der Waals surface area contributed by atoms with Gasteiger partial charge in [-0.2, -0.15) is 0 Å². The van der Waals surface area contributed by atoms with Crippen LogP contribution >= 0.6 is 47.8 Å². The van der Waals surface area contributed by atoms with Crippen molar-refractivity contribution in [1.29, 1.82) is 0 Å². The Morgan fingerprint density at radius 3 is 1.52 bits per heavy atom. The fourth-order valence-electron chi connectivity index (χ4n) is 4.76. The highest BCUT2D eigenvalue weighted by Gasteiger charge is 2.10. The Bertz CT molecular complexity index is 2870. The number of aromatic carboxylic acids is 1. The van der Waals surface area contributed by atoms with Gasteiger partial charge in [0, 0.05) is 33.2 Å². The van der Waals surface area contributed by atoms with Gasteiger partial charge in [0.2, 0.25) is 0 Å². The number of benzene rings is 5. The standard InChI is InChI=1S/C12H9BrO2.C11H7BrO.C7H5BrO4.C7H7NO2.C7H6O4.C2H4O2/c1-15-12(14)9-6-8-4-2-3-5-10(8)11(13)7-9;12-11-6-8(7-13)5-9-3-1-2-4-10(9)11;1-11-6(9)4-2-5(8)7(10)12-3-4;8-6-4-2-1-3-5(6)7(9)10;1-10-7(9)5-2-3-6(8)11-4-5;1-2(3)4/h2-7H,1H3;1-7H;2-3H,1H3;1-4H,8H2,(H,9,10);2-4H,1H3;1H3,(H,3,4). The van der Waals surface area contributed by atoms with Crippen LogP contribution in [0.25, 0.3) is 21.5 Å². The molecule has 65 heavy (non-hydrogen) atoms. The van der Waals surface area contributed by atoms with Crippen molar-refractivity contribution in [3.8, 4) is 0 Å². The van der Waals surface area contributed by atoms with E-state index in [1.165, 1.54) is 39.5 Å². The van der Waals surface area contributed by atoms with Gasteiger partial charge in [-0.15, -0.1) is 0 Å². The Morgan fingerprint density at radius 2 is 1.05 bits per heavy atom. The maximum absolute atomic E-state index is 11.4. The topological polar surface area (TPSA) is 257 Å². The molecular weight excluding hydrogens is 1050 g/mol. The number of rotatable bonds is 5. The first kappa shape index (κ1) is 53.9. The number of halogens is 3. The lowest BCUT2D eigenvalue weighted by Gasteiger charge is -2.04. The number of para-hydroxylation sites is 1. The Labute approximate surface area is 394 Å². The molecule has 5 aromatic carbocycles. The molecule has 0 fully saturated rings. The van der Waals surface area contributed by atoms with Crippen LogP contribution < -0.4 is 17.0 Å². The average Bonchev–Trinajstić information content (AvgIpc) is 3.30. The third-order valence-electron chi connectivity index (χ3n) is 7.71. The highest BCUT2D eigenvalue weighted by molar-refractivity contribution is 9.11.